The minimum Gasteiger partial charge on any atom is -0.375 e. The van der Waals surface area contributed by atoms with Crippen molar-refractivity contribution in [3.05, 3.63) is 65.7 Å². The molecule has 25 heavy (non-hydrogen) atoms. The molecule has 0 fully saturated rings. The van der Waals surface area contributed by atoms with E-state index in [4.69, 9.17) is 0 Å². The highest BCUT2D eigenvalue weighted by Crippen LogP contribution is 2.34. The predicted octanol–water partition coefficient (Wildman–Crippen LogP) is 4.14. The average molecular weight is 336 g/mol. The Morgan fingerprint density at radius 3 is 2.68 bits per heavy atom. The van der Waals surface area contributed by atoms with Crippen LogP contribution in [-0.2, 0) is 11.2 Å². The van der Waals surface area contributed by atoms with Crippen LogP contribution in [-0.4, -0.2) is 26.0 Å². The fraction of sp³-hybridized carbons (Fsp3) is 0.409. The van der Waals surface area contributed by atoms with E-state index in [0.29, 0.717) is 12.3 Å². The molecule has 3 heteroatoms. The summed E-state index contributed by atoms with van der Waals surface area (Å²) >= 11 is 0. The Labute approximate surface area is 151 Å². The van der Waals surface area contributed by atoms with Crippen molar-refractivity contribution >= 4 is 11.6 Å². The van der Waals surface area contributed by atoms with Gasteiger partial charge in [0.25, 0.3) is 0 Å². The number of aryl methyl sites for hydroxylation is 1. The van der Waals surface area contributed by atoms with Crippen LogP contribution in [0, 0.1) is 0 Å². The van der Waals surface area contributed by atoms with Gasteiger partial charge in [0.2, 0.25) is 5.91 Å². The molecule has 0 aliphatic heterocycles. The number of nitrogens with zero attached hydrogens (tertiary/aromatic N) is 1. The molecule has 3 rings (SSSR count). The van der Waals surface area contributed by atoms with Gasteiger partial charge < -0.3 is 10.2 Å². The molecule has 3 nitrogen and oxygen atoms in total. The van der Waals surface area contributed by atoms with E-state index in [0.717, 1.165) is 38.8 Å². The molecule has 1 aliphatic rings. The van der Waals surface area contributed by atoms with Crippen molar-refractivity contribution in [1.29, 1.82) is 0 Å². The van der Waals surface area contributed by atoms with Crippen molar-refractivity contribution in [2.45, 2.75) is 38.0 Å². The first kappa shape index (κ1) is 17.5. The molecule has 0 aromatic heterocycles. The highest BCUT2D eigenvalue weighted by Gasteiger charge is 2.23. The molecule has 1 unspecified atom stereocenters. The number of hydrogen-bond donors (Lipinski definition) is 1. The number of carbonyl (C=O) groups excluding carboxylic acids is 1. The Kier molecular flexibility index (Phi) is 6.10. The van der Waals surface area contributed by atoms with Gasteiger partial charge in [-0.05, 0) is 54.9 Å². The number of benzene rings is 2. The van der Waals surface area contributed by atoms with E-state index in [1.54, 1.807) is 0 Å². The minimum atomic E-state index is 0.193. The van der Waals surface area contributed by atoms with Crippen molar-refractivity contribution in [3.63, 3.8) is 0 Å². The summed E-state index contributed by atoms with van der Waals surface area (Å²) in [5, 5.41) is 3.10. The monoisotopic (exact) mass is 336 g/mol. The lowest BCUT2D eigenvalue weighted by Crippen LogP contribution is -2.26. The topological polar surface area (TPSA) is 32.3 Å². The van der Waals surface area contributed by atoms with E-state index in [2.05, 4.69) is 65.8 Å². The molecule has 0 heterocycles. The number of hydrogen-bond acceptors (Lipinski definition) is 2. The van der Waals surface area contributed by atoms with Gasteiger partial charge in [-0.15, -0.1) is 0 Å². The van der Waals surface area contributed by atoms with Crippen LogP contribution in [0.15, 0.2) is 54.6 Å². The fourth-order valence-electron chi connectivity index (χ4n) is 3.67. The van der Waals surface area contributed by atoms with Gasteiger partial charge in [-0.2, -0.15) is 0 Å². The summed E-state index contributed by atoms with van der Waals surface area (Å²) in [5.74, 6) is 0.596. The first-order chi connectivity index (χ1) is 12.2. The number of rotatable bonds is 8. The number of carbonyl (C=O) groups is 1. The van der Waals surface area contributed by atoms with Crippen LogP contribution >= 0.6 is 0 Å². The minimum absolute atomic E-state index is 0.193. The molecule has 0 bridgehead atoms. The Morgan fingerprint density at radius 1 is 1.08 bits per heavy atom. The first-order valence-electron chi connectivity index (χ1n) is 9.35. The standard InChI is InChI=1S/C22H28N2O/c1-24(20-10-3-2-4-11-20)16-8-7-15-23-22(25)17-19-14-13-18-9-5-6-12-21(18)19/h2-6,9-12,19H,7-8,13-17H2,1H3,(H,23,25). The van der Waals surface area contributed by atoms with Crippen LogP contribution in [0.1, 0.15) is 42.7 Å². The quantitative estimate of drug-likeness (QED) is 0.735. The van der Waals surface area contributed by atoms with Crippen LogP contribution in [0.2, 0.25) is 0 Å². The number of amides is 1. The third-order valence-electron chi connectivity index (χ3n) is 5.13. The molecule has 0 saturated heterocycles. The lowest BCUT2D eigenvalue weighted by Gasteiger charge is -2.19. The zero-order chi connectivity index (χ0) is 17.5. The number of anilines is 1. The van der Waals surface area contributed by atoms with Crippen LogP contribution < -0.4 is 10.2 Å². The summed E-state index contributed by atoms with van der Waals surface area (Å²) in [4.78, 5) is 14.5. The number of nitrogens with one attached hydrogen (secondary N) is 1. The van der Waals surface area contributed by atoms with Gasteiger partial charge in [-0.1, -0.05) is 42.5 Å². The normalized spacial score (nSPS) is 15.6. The SMILES string of the molecule is CN(CCCCNC(=O)CC1CCc2ccccc21)c1ccccc1. The molecule has 0 spiro atoms. The van der Waals surface area contributed by atoms with Gasteiger partial charge in [-0.3, -0.25) is 4.79 Å². The highest BCUT2D eigenvalue weighted by molar-refractivity contribution is 5.77. The average Bonchev–Trinajstić information content (AvgIpc) is 3.05. The Hall–Kier alpha value is -2.29. The molecule has 2 aromatic carbocycles. The van der Waals surface area contributed by atoms with E-state index in [-0.39, 0.29) is 5.91 Å². The Bertz CT molecular complexity index is 683. The van der Waals surface area contributed by atoms with E-state index in [1.165, 1.54) is 16.8 Å². The lowest BCUT2D eigenvalue weighted by molar-refractivity contribution is -0.121. The highest BCUT2D eigenvalue weighted by atomic mass is 16.1. The van der Waals surface area contributed by atoms with Crippen LogP contribution in [0.3, 0.4) is 0 Å². The predicted molar refractivity (Wildman–Crippen MR) is 104 cm³/mol. The third kappa shape index (κ3) is 4.85. The zero-order valence-corrected chi connectivity index (χ0v) is 15.1. The number of unbranched alkanes of at least 4 members (excludes halogenated alkanes) is 1. The maximum atomic E-state index is 12.2. The van der Waals surface area contributed by atoms with Crippen molar-refractivity contribution in [2.24, 2.45) is 0 Å². The zero-order valence-electron chi connectivity index (χ0n) is 15.1. The smallest absolute Gasteiger partial charge is 0.220 e. The second kappa shape index (κ2) is 8.70. The maximum absolute atomic E-state index is 12.2. The molecule has 1 atom stereocenters. The molecular weight excluding hydrogens is 308 g/mol. The fourth-order valence-corrected chi connectivity index (χ4v) is 3.67. The summed E-state index contributed by atoms with van der Waals surface area (Å²) < 4.78 is 0. The van der Waals surface area contributed by atoms with Gasteiger partial charge in [0.15, 0.2) is 0 Å². The third-order valence-corrected chi connectivity index (χ3v) is 5.13. The van der Waals surface area contributed by atoms with Gasteiger partial charge in [0, 0.05) is 32.2 Å². The van der Waals surface area contributed by atoms with Crippen molar-refractivity contribution in [2.75, 3.05) is 25.0 Å². The summed E-state index contributed by atoms with van der Waals surface area (Å²) in [6.45, 7) is 1.78. The molecule has 2 aromatic rings. The second-order valence-electron chi connectivity index (χ2n) is 6.95. The molecule has 1 N–H and O–H groups in total. The van der Waals surface area contributed by atoms with Crippen LogP contribution in [0.4, 0.5) is 5.69 Å². The van der Waals surface area contributed by atoms with Gasteiger partial charge in [-0.25, -0.2) is 0 Å². The summed E-state index contributed by atoms with van der Waals surface area (Å²) in [5.41, 5.74) is 4.04. The first-order valence-corrected chi connectivity index (χ1v) is 9.35. The molecule has 0 saturated carbocycles. The van der Waals surface area contributed by atoms with Crippen LogP contribution in [0.5, 0.6) is 0 Å². The van der Waals surface area contributed by atoms with Crippen molar-refractivity contribution in [3.8, 4) is 0 Å². The van der Waals surface area contributed by atoms with Crippen molar-refractivity contribution < 1.29 is 4.79 Å². The van der Waals surface area contributed by atoms with Crippen molar-refractivity contribution in [1.82, 2.24) is 5.32 Å². The molecule has 0 radical (unpaired) electrons. The molecule has 1 aliphatic carbocycles. The molecule has 132 valence electrons. The Morgan fingerprint density at radius 2 is 1.84 bits per heavy atom. The second-order valence-corrected chi connectivity index (χ2v) is 6.95. The van der Waals surface area contributed by atoms with Gasteiger partial charge in [0.1, 0.15) is 0 Å². The van der Waals surface area contributed by atoms with E-state index < -0.39 is 0 Å². The summed E-state index contributed by atoms with van der Waals surface area (Å²) in [6, 6.07) is 19.0. The van der Waals surface area contributed by atoms with Crippen LogP contribution in [0.25, 0.3) is 0 Å². The van der Waals surface area contributed by atoms with Gasteiger partial charge >= 0.3 is 0 Å². The molecule has 1 amide bonds. The number of fused-ring (bicyclic) bond motifs is 1. The van der Waals surface area contributed by atoms with E-state index in [1.807, 2.05) is 6.07 Å². The Balaban J connectivity index is 1.32. The van der Waals surface area contributed by atoms with E-state index >= 15 is 0 Å². The van der Waals surface area contributed by atoms with E-state index in [9.17, 15) is 4.79 Å². The summed E-state index contributed by atoms with van der Waals surface area (Å²) in [7, 11) is 2.12. The largest absolute Gasteiger partial charge is 0.375 e. The number of para-hydroxylation sites is 1. The lowest BCUT2D eigenvalue weighted by atomic mass is 9.97. The summed E-state index contributed by atoms with van der Waals surface area (Å²) in [6.07, 6.45) is 4.94. The molecular formula is C22H28N2O. The van der Waals surface area contributed by atoms with Gasteiger partial charge in [0.05, 0.1) is 0 Å². The maximum Gasteiger partial charge on any atom is 0.220 e.